The molecule has 8 nitrogen and oxygen atoms in total. The molecule has 1 aromatic carbocycles. The quantitative estimate of drug-likeness (QED) is 0.369. The second-order valence-electron chi connectivity index (χ2n) is 11.2. The lowest BCUT2D eigenvalue weighted by Gasteiger charge is -2.41. The molecule has 0 radical (unpaired) electrons. The van der Waals surface area contributed by atoms with E-state index >= 15 is 0 Å². The molecule has 0 bridgehead atoms. The molecule has 2 aromatic heterocycles. The zero-order valence-corrected chi connectivity index (χ0v) is 23.2. The van der Waals surface area contributed by atoms with Crippen molar-refractivity contribution in [1.29, 1.82) is 0 Å². The lowest BCUT2D eigenvalue weighted by Crippen LogP contribution is -2.49. The Balaban J connectivity index is 1.43. The van der Waals surface area contributed by atoms with Crippen LogP contribution in [-0.4, -0.2) is 77.7 Å². The van der Waals surface area contributed by atoms with Gasteiger partial charge in [0.2, 0.25) is 0 Å². The first kappa shape index (κ1) is 27.1. The lowest BCUT2D eigenvalue weighted by atomic mass is 9.82. The second-order valence-corrected chi connectivity index (χ2v) is 11.2. The van der Waals surface area contributed by atoms with Gasteiger partial charge in [0, 0.05) is 50.6 Å². The third kappa shape index (κ3) is 5.19. The van der Waals surface area contributed by atoms with Gasteiger partial charge in [0.1, 0.15) is 0 Å². The predicted molar refractivity (Wildman–Crippen MR) is 149 cm³/mol. The van der Waals surface area contributed by atoms with Gasteiger partial charge in [-0.05, 0) is 50.8 Å². The number of carbonyl (C=O) groups is 1. The number of piperidine rings is 1. The largest absolute Gasteiger partial charge is 0.461 e. The molecule has 2 aliphatic heterocycles. The maximum Gasteiger partial charge on any atom is 0.357 e. The highest BCUT2D eigenvalue weighted by molar-refractivity contribution is 5.99. The first-order chi connectivity index (χ1) is 19.3. The lowest BCUT2D eigenvalue weighted by molar-refractivity contribution is 0.0115. The molecule has 3 aliphatic rings. The van der Waals surface area contributed by atoms with Gasteiger partial charge in [-0.25, -0.2) is 23.2 Å². The number of rotatable bonds is 7. The Morgan fingerprint density at radius 1 is 1.07 bits per heavy atom. The smallest absolute Gasteiger partial charge is 0.357 e. The summed E-state index contributed by atoms with van der Waals surface area (Å²) in [6.45, 7) is 8.15. The van der Waals surface area contributed by atoms with Gasteiger partial charge >= 0.3 is 5.97 Å². The fourth-order valence-electron chi connectivity index (χ4n) is 6.14. The topological polar surface area (TPSA) is 72.7 Å². The summed E-state index contributed by atoms with van der Waals surface area (Å²) in [5, 5.41) is 5.98. The second kappa shape index (κ2) is 11.0. The number of ether oxygens (including phenoxy) is 2. The van der Waals surface area contributed by atoms with Crippen molar-refractivity contribution in [3.05, 3.63) is 47.3 Å². The van der Waals surface area contributed by atoms with Crippen LogP contribution in [0.1, 0.15) is 73.6 Å². The average molecular weight is 554 g/mol. The summed E-state index contributed by atoms with van der Waals surface area (Å²) in [5.41, 5.74) is 3.30. The minimum absolute atomic E-state index is 0.0593. The van der Waals surface area contributed by atoms with Crippen LogP contribution < -0.4 is 4.90 Å². The molecule has 10 heteroatoms. The van der Waals surface area contributed by atoms with Crippen LogP contribution in [0.4, 0.5) is 14.5 Å². The third-order valence-electron chi connectivity index (χ3n) is 8.61. The molecule has 6 rings (SSSR count). The van der Waals surface area contributed by atoms with Gasteiger partial charge in [0.25, 0.3) is 5.92 Å². The van der Waals surface area contributed by atoms with Crippen LogP contribution in [0.5, 0.6) is 0 Å². The van der Waals surface area contributed by atoms with E-state index in [9.17, 15) is 13.6 Å². The van der Waals surface area contributed by atoms with E-state index in [1.54, 1.807) is 23.7 Å². The van der Waals surface area contributed by atoms with Crippen molar-refractivity contribution < 1.29 is 23.0 Å². The molecule has 0 amide bonds. The summed E-state index contributed by atoms with van der Waals surface area (Å²) in [4.78, 5) is 22.6. The first-order valence-electron chi connectivity index (χ1n) is 14.5. The molecular formula is C30H37F2N5O3. The monoisotopic (exact) mass is 553 g/mol. The Hall–Kier alpha value is -3.11. The number of esters is 1. The minimum atomic E-state index is -2.93. The third-order valence-corrected chi connectivity index (χ3v) is 8.61. The molecule has 0 atom stereocenters. The molecule has 0 spiro atoms. The highest BCUT2D eigenvalue weighted by Crippen LogP contribution is 2.43. The number of hydrogen-bond donors (Lipinski definition) is 0. The normalized spacial score (nSPS) is 19.6. The van der Waals surface area contributed by atoms with E-state index in [2.05, 4.69) is 9.80 Å². The number of fused-ring (bicyclic) bond motifs is 1. The highest BCUT2D eigenvalue weighted by atomic mass is 19.3. The van der Waals surface area contributed by atoms with Gasteiger partial charge in [0.05, 0.1) is 42.3 Å². The van der Waals surface area contributed by atoms with Crippen molar-refractivity contribution in [3.63, 3.8) is 0 Å². The molecule has 1 saturated carbocycles. The van der Waals surface area contributed by atoms with E-state index in [4.69, 9.17) is 19.6 Å². The number of pyridine rings is 1. The van der Waals surface area contributed by atoms with Crippen molar-refractivity contribution in [2.75, 3.05) is 50.9 Å². The molecule has 4 heterocycles. The van der Waals surface area contributed by atoms with Gasteiger partial charge in [0.15, 0.2) is 11.3 Å². The maximum absolute atomic E-state index is 13.9. The Bertz CT molecular complexity index is 1350. The number of aromatic nitrogens is 3. The van der Waals surface area contributed by atoms with Gasteiger partial charge in [-0.2, -0.15) is 5.10 Å². The summed E-state index contributed by atoms with van der Waals surface area (Å²) < 4.78 is 40.5. The van der Waals surface area contributed by atoms with Gasteiger partial charge in [-0.3, -0.25) is 4.90 Å². The molecule has 0 unspecified atom stereocenters. The molecular weight excluding hydrogens is 516 g/mol. The average Bonchev–Trinajstić information content (AvgIpc) is 3.31. The number of carbonyl (C=O) groups excluding carboxylic acids is 1. The Morgan fingerprint density at radius 2 is 1.77 bits per heavy atom. The summed E-state index contributed by atoms with van der Waals surface area (Å²) in [6.07, 6.45) is 5.29. The van der Waals surface area contributed by atoms with Gasteiger partial charge in [-0.1, -0.05) is 18.6 Å². The standard InChI is InChI=1S/C30H37F2N5O3/c1-3-40-29(38)24-19-25(36-13-11-22(12-14-36)35-15-17-39-18-16-35)26-27(20-5-4-6-20)34-37(28(26)33-24)23-9-7-21(8-10-23)30(2,31)32/h7-10,19-20,22H,3-6,11-18H2,1-2H3. The molecule has 2 saturated heterocycles. The number of alkyl halides is 2. The van der Waals surface area contributed by atoms with Crippen LogP contribution in [0.2, 0.25) is 0 Å². The number of halogens is 2. The zero-order valence-electron chi connectivity index (χ0n) is 23.2. The highest BCUT2D eigenvalue weighted by Gasteiger charge is 2.33. The van der Waals surface area contributed by atoms with Gasteiger partial charge < -0.3 is 14.4 Å². The van der Waals surface area contributed by atoms with Crippen LogP contribution in [0, 0.1) is 0 Å². The van der Waals surface area contributed by atoms with E-state index in [1.807, 2.05) is 6.07 Å². The molecule has 1 aliphatic carbocycles. The summed E-state index contributed by atoms with van der Waals surface area (Å²) >= 11 is 0. The summed E-state index contributed by atoms with van der Waals surface area (Å²) in [5.74, 6) is -3.10. The fourth-order valence-corrected chi connectivity index (χ4v) is 6.14. The van der Waals surface area contributed by atoms with Crippen LogP contribution in [0.25, 0.3) is 16.7 Å². The molecule has 3 aromatic rings. The van der Waals surface area contributed by atoms with E-state index in [0.717, 1.165) is 95.2 Å². The van der Waals surface area contributed by atoms with Crippen molar-refractivity contribution in [3.8, 4) is 5.69 Å². The van der Waals surface area contributed by atoms with E-state index in [1.165, 1.54) is 12.1 Å². The van der Waals surface area contributed by atoms with Crippen molar-refractivity contribution in [2.24, 2.45) is 0 Å². The summed E-state index contributed by atoms with van der Waals surface area (Å²) in [6, 6.07) is 8.54. The van der Waals surface area contributed by atoms with Crippen molar-refractivity contribution in [1.82, 2.24) is 19.7 Å². The molecule has 3 fully saturated rings. The Kier molecular flexibility index (Phi) is 7.48. The summed E-state index contributed by atoms with van der Waals surface area (Å²) in [7, 11) is 0. The molecule has 0 N–H and O–H groups in total. The van der Waals surface area contributed by atoms with E-state index in [-0.39, 0.29) is 17.9 Å². The van der Waals surface area contributed by atoms with E-state index in [0.29, 0.717) is 23.3 Å². The number of nitrogens with zero attached hydrogens (tertiary/aromatic N) is 5. The van der Waals surface area contributed by atoms with E-state index < -0.39 is 11.9 Å². The molecule has 214 valence electrons. The van der Waals surface area contributed by atoms with Crippen molar-refractivity contribution >= 4 is 22.7 Å². The predicted octanol–water partition coefficient (Wildman–Crippen LogP) is 5.28. The van der Waals surface area contributed by atoms with Crippen molar-refractivity contribution in [2.45, 2.75) is 63.8 Å². The number of anilines is 1. The number of hydrogen-bond acceptors (Lipinski definition) is 7. The van der Waals surface area contributed by atoms with Crippen LogP contribution in [-0.2, 0) is 15.4 Å². The zero-order chi connectivity index (χ0) is 27.9. The first-order valence-corrected chi connectivity index (χ1v) is 14.5. The minimum Gasteiger partial charge on any atom is -0.461 e. The van der Waals surface area contributed by atoms with Gasteiger partial charge in [-0.15, -0.1) is 0 Å². The number of morpholine rings is 1. The SMILES string of the molecule is CCOC(=O)c1cc(N2CCC(N3CCOCC3)CC2)c2c(C3CCC3)nn(-c3ccc(C(C)(F)F)cc3)c2n1. The van der Waals surface area contributed by atoms with Crippen LogP contribution >= 0.6 is 0 Å². The fraction of sp³-hybridized carbons (Fsp3) is 0.567. The Morgan fingerprint density at radius 3 is 2.38 bits per heavy atom. The Labute approximate surface area is 233 Å². The molecule has 40 heavy (non-hydrogen) atoms. The van der Waals surface area contributed by atoms with Crippen LogP contribution in [0.15, 0.2) is 30.3 Å². The number of benzene rings is 1. The maximum atomic E-state index is 13.9. The van der Waals surface area contributed by atoms with Crippen LogP contribution in [0.3, 0.4) is 0 Å².